The van der Waals surface area contributed by atoms with E-state index in [4.69, 9.17) is 0 Å². The first kappa shape index (κ1) is 11.0. The third-order valence-electron chi connectivity index (χ3n) is 3.54. The minimum Gasteiger partial charge on any atom is -0.367 e. The lowest BCUT2D eigenvalue weighted by Crippen LogP contribution is -2.18. The number of hydrogen-bond acceptors (Lipinski definition) is 3. The Morgan fingerprint density at radius 2 is 2.17 bits per heavy atom. The van der Waals surface area contributed by atoms with E-state index in [1.807, 2.05) is 30.3 Å². The molecule has 1 aromatic carbocycles. The molecule has 0 aliphatic heterocycles. The Morgan fingerprint density at radius 1 is 1.39 bits per heavy atom. The highest BCUT2D eigenvalue weighted by atomic mass is 15.0. The van der Waals surface area contributed by atoms with Crippen LogP contribution in [0.15, 0.2) is 30.3 Å². The van der Waals surface area contributed by atoms with E-state index in [1.165, 1.54) is 12.8 Å². The summed E-state index contributed by atoms with van der Waals surface area (Å²) in [7, 11) is 0. The van der Waals surface area contributed by atoms with Gasteiger partial charge >= 0.3 is 0 Å². The maximum atomic E-state index is 9.21. The topological polar surface area (TPSA) is 48.7 Å². The molecule has 1 aliphatic carbocycles. The van der Waals surface area contributed by atoms with Gasteiger partial charge in [-0.3, -0.25) is 0 Å². The van der Waals surface area contributed by atoms with Gasteiger partial charge < -0.3 is 5.32 Å². The largest absolute Gasteiger partial charge is 0.367 e. The van der Waals surface area contributed by atoms with Gasteiger partial charge in [0.05, 0.1) is 17.1 Å². The van der Waals surface area contributed by atoms with Crippen molar-refractivity contribution >= 4 is 16.7 Å². The number of nitrogens with one attached hydrogen (secondary N) is 1. The second-order valence-electron chi connectivity index (χ2n) is 4.95. The Kier molecular flexibility index (Phi) is 2.64. The third-order valence-corrected chi connectivity index (χ3v) is 3.54. The van der Waals surface area contributed by atoms with Crippen molar-refractivity contribution in [2.45, 2.75) is 25.8 Å². The van der Waals surface area contributed by atoms with Crippen LogP contribution in [0.2, 0.25) is 0 Å². The summed E-state index contributed by atoms with van der Waals surface area (Å²) in [6, 6.07) is 12.3. The van der Waals surface area contributed by atoms with Gasteiger partial charge in [0.25, 0.3) is 0 Å². The Labute approximate surface area is 106 Å². The summed E-state index contributed by atoms with van der Waals surface area (Å²) in [5, 5.41) is 13.5. The van der Waals surface area contributed by atoms with Crippen LogP contribution in [-0.4, -0.2) is 11.0 Å². The number of benzene rings is 1. The van der Waals surface area contributed by atoms with Crippen LogP contribution in [0.4, 0.5) is 5.82 Å². The van der Waals surface area contributed by atoms with Crippen LogP contribution in [0.1, 0.15) is 25.3 Å². The second-order valence-corrected chi connectivity index (χ2v) is 4.95. The lowest BCUT2D eigenvalue weighted by Gasteiger charge is -2.14. The maximum absolute atomic E-state index is 9.21. The molecule has 3 nitrogen and oxygen atoms in total. The zero-order valence-corrected chi connectivity index (χ0v) is 10.4. The van der Waals surface area contributed by atoms with E-state index in [9.17, 15) is 5.26 Å². The predicted molar refractivity (Wildman–Crippen MR) is 72.3 cm³/mol. The van der Waals surface area contributed by atoms with Gasteiger partial charge in [-0.1, -0.05) is 18.2 Å². The third kappa shape index (κ3) is 2.02. The molecular formula is C15H15N3. The van der Waals surface area contributed by atoms with Crippen LogP contribution in [0.5, 0.6) is 0 Å². The van der Waals surface area contributed by atoms with Crippen molar-refractivity contribution in [3.8, 4) is 6.07 Å². The van der Waals surface area contributed by atoms with Crippen molar-refractivity contribution in [2.24, 2.45) is 5.92 Å². The molecule has 3 rings (SSSR count). The number of nitrogens with zero attached hydrogens (tertiary/aromatic N) is 2. The summed E-state index contributed by atoms with van der Waals surface area (Å²) < 4.78 is 0. The van der Waals surface area contributed by atoms with E-state index in [0.717, 1.165) is 22.6 Å². The Bertz CT molecular complexity index is 623. The highest BCUT2D eigenvalue weighted by Crippen LogP contribution is 2.34. The molecule has 0 amide bonds. The van der Waals surface area contributed by atoms with Crippen molar-refractivity contribution in [1.82, 2.24) is 4.98 Å². The quantitative estimate of drug-likeness (QED) is 0.890. The van der Waals surface area contributed by atoms with E-state index in [1.54, 1.807) is 0 Å². The molecule has 18 heavy (non-hydrogen) atoms. The maximum Gasteiger partial charge on any atom is 0.128 e. The van der Waals surface area contributed by atoms with Crippen LogP contribution in [0, 0.1) is 17.2 Å². The van der Waals surface area contributed by atoms with Crippen molar-refractivity contribution in [1.29, 1.82) is 5.26 Å². The Morgan fingerprint density at radius 3 is 2.89 bits per heavy atom. The number of pyridine rings is 1. The van der Waals surface area contributed by atoms with Crippen molar-refractivity contribution in [3.63, 3.8) is 0 Å². The van der Waals surface area contributed by atoms with Gasteiger partial charge in [0.2, 0.25) is 0 Å². The smallest absolute Gasteiger partial charge is 0.128 e. The minimum atomic E-state index is 0.435. The number of hydrogen-bond donors (Lipinski definition) is 1. The van der Waals surface area contributed by atoms with Gasteiger partial charge in [0.1, 0.15) is 5.82 Å². The molecule has 1 saturated carbocycles. The number of para-hydroxylation sites is 1. The van der Waals surface area contributed by atoms with E-state index >= 15 is 0 Å². The van der Waals surface area contributed by atoms with Gasteiger partial charge in [0, 0.05) is 11.4 Å². The summed E-state index contributed by atoms with van der Waals surface area (Å²) >= 11 is 0. The van der Waals surface area contributed by atoms with Crippen LogP contribution < -0.4 is 5.32 Å². The van der Waals surface area contributed by atoms with Crippen LogP contribution >= 0.6 is 0 Å². The SMILES string of the molecule is CC(Nc1cc(C#N)c2ccccc2n1)C1CC1. The summed E-state index contributed by atoms with van der Waals surface area (Å²) in [5.41, 5.74) is 1.56. The van der Waals surface area contributed by atoms with Gasteiger partial charge in [-0.05, 0) is 37.8 Å². The molecular weight excluding hydrogens is 222 g/mol. The van der Waals surface area contributed by atoms with Gasteiger partial charge in [0.15, 0.2) is 0 Å². The first-order chi connectivity index (χ1) is 8.78. The van der Waals surface area contributed by atoms with E-state index < -0.39 is 0 Å². The molecule has 0 saturated heterocycles. The standard InChI is InChI=1S/C15H15N3/c1-10(11-6-7-11)17-15-8-12(9-16)13-4-2-3-5-14(13)18-15/h2-5,8,10-11H,6-7H2,1H3,(H,17,18). The summed E-state index contributed by atoms with van der Waals surface area (Å²) in [6.45, 7) is 2.18. The zero-order chi connectivity index (χ0) is 12.5. The van der Waals surface area contributed by atoms with Gasteiger partial charge in [-0.25, -0.2) is 4.98 Å². The molecule has 1 aromatic heterocycles. The lowest BCUT2D eigenvalue weighted by atomic mass is 10.1. The number of rotatable bonds is 3. The van der Waals surface area contributed by atoms with Crippen molar-refractivity contribution in [2.75, 3.05) is 5.32 Å². The fourth-order valence-electron chi connectivity index (χ4n) is 2.29. The first-order valence-corrected chi connectivity index (χ1v) is 6.34. The average Bonchev–Trinajstić information content (AvgIpc) is 3.22. The fourth-order valence-corrected chi connectivity index (χ4v) is 2.29. The molecule has 3 heteroatoms. The minimum absolute atomic E-state index is 0.435. The normalized spacial score (nSPS) is 16.2. The second kappa shape index (κ2) is 4.30. The molecule has 0 radical (unpaired) electrons. The highest BCUT2D eigenvalue weighted by Gasteiger charge is 2.28. The predicted octanol–water partition coefficient (Wildman–Crippen LogP) is 3.32. The van der Waals surface area contributed by atoms with Crippen LogP contribution in [0.25, 0.3) is 10.9 Å². The lowest BCUT2D eigenvalue weighted by molar-refractivity contribution is 0.691. The van der Waals surface area contributed by atoms with E-state index in [-0.39, 0.29) is 0 Å². The van der Waals surface area contributed by atoms with E-state index in [0.29, 0.717) is 11.6 Å². The summed E-state index contributed by atoms with van der Waals surface area (Å²) in [5.74, 6) is 1.58. The molecule has 1 unspecified atom stereocenters. The summed E-state index contributed by atoms with van der Waals surface area (Å²) in [4.78, 5) is 4.57. The molecule has 1 heterocycles. The summed E-state index contributed by atoms with van der Waals surface area (Å²) in [6.07, 6.45) is 2.60. The van der Waals surface area contributed by atoms with Crippen LogP contribution in [-0.2, 0) is 0 Å². The van der Waals surface area contributed by atoms with Crippen molar-refractivity contribution < 1.29 is 0 Å². The number of nitriles is 1. The zero-order valence-electron chi connectivity index (χ0n) is 10.4. The molecule has 1 atom stereocenters. The average molecular weight is 237 g/mol. The Balaban J connectivity index is 2.00. The molecule has 1 N–H and O–H groups in total. The first-order valence-electron chi connectivity index (χ1n) is 6.34. The molecule has 2 aromatic rings. The molecule has 0 spiro atoms. The number of anilines is 1. The van der Waals surface area contributed by atoms with Crippen molar-refractivity contribution in [3.05, 3.63) is 35.9 Å². The molecule has 0 bridgehead atoms. The fraction of sp³-hybridized carbons (Fsp3) is 0.333. The van der Waals surface area contributed by atoms with E-state index in [2.05, 4.69) is 23.3 Å². The Hall–Kier alpha value is -2.08. The van der Waals surface area contributed by atoms with Gasteiger partial charge in [-0.2, -0.15) is 5.26 Å². The number of fused-ring (bicyclic) bond motifs is 1. The highest BCUT2D eigenvalue weighted by molar-refractivity contribution is 5.86. The molecule has 1 fully saturated rings. The molecule has 1 aliphatic rings. The number of aromatic nitrogens is 1. The van der Waals surface area contributed by atoms with Crippen LogP contribution in [0.3, 0.4) is 0 Å². The van der Waals surface area contributed by atoms with Gasteiger partial charge in [-0.15, -0.1) is 0 Å². The monoisotopic (exact) mass is 237 g/mol. The molecule has 90 valence electrons.